The number of likely N-dealkylation sites (N-methyl/N-ethyl adjacent to an activating group) is 1. The van der Waals surface area contributed by atoms with E-state index in [9.17, 15) is 0 Å². The molecule has 0 spiro atoms. The quantitative estimate of drug-likeness (QED) is 0.896. The Balaban J connectivity index is 2.31. The minimum absolute atomic E-state index is 0.226. The van der Waals surface area contributed by atoms with Gasteiger partial charge in [-0.15, -0.1) is 0 Å². The first kappa shape index (κ1) is 13.7. The summed E-state index contributed by atoms with van der Waals surface area (Å²) >= 11 is 0. The Morgan fingerprint density at radius 1 is 1.21 bits per heavy atom. The largest absolute Gasteiger partial charge is 0.308 e. The van der Waals surface area contributed by atoms with Crippen LogP contribution in [0.3, 0.4) is 0 Å². The molecule has 1 heterocycles. The van der Waals surface area contributed by atoms with E-state index in [0.29, 0.717) is 0 Å². The van der Waals surface area contributed by atoms with Crippen LogP contribution in [0.15, 0.2) is 30.3 Å². The highest BCUT2D eigenvalue weighted by Gasteiger charge is 2.22. The molecule has 0 bridgehead atoms. The standard InChI is InChI=1S/C15H22N4/c1-5-16-15(14-9-7-6-8-10-14)11(2)19-13(4)17-12(3)18-19/h6-11,15-16H,5H2,1-4H3. The summed E-state index contributed by atoms with van der Waals surface area (Å²) in [6, 6.07) is 11.0. The zero-order valence-electron chi connectivity index (χ0n) is 12.1. The van der Waals surface area contributed by atoms with Gasteiger partial charge in [-0.1, -0.05) is 37.3 Å². The fourth-order valence-corrected chi connectivity index (χ4v) is 2.51. The maximum Gasteiger partial charge on any atom is 0.147 e. The fourth-order valence-electron chi connectivity index (χ4n) is 2.51. The van der Waals surface area contributed by atoms with Crippen molar-refractivity contribution in [1.29, 1.82) is 0 Å². The number of hydrogen-bond acceptors (Lipinski definition) is 3. The molecule has 0 saturated carbocycles. The van der Waals surface area contributed by atoms with Crippen molar-refractivity contribution in [3.63, 3.8) is 0 Å². The lowest BCUT2D eigenvalue weighted by Gasteiger charge is -2.26. The van der Waals surface area contributed by atoms with E-state index in [4.69, 9.17) is 0 Å². The Morgan fingerprint density at radius 3 is 2.42 bits per heavy atom. The monoisotopic (exact) mass is 258 g/mol. The average Bonchev–Trinajstić information content (AvgIpc) is 2.75. The van der Waals surface area contributed by atoms with Crippen molar-refractivity contribution in [2.75, 3.05) is 6.54 Å². The minimum Gasteiger partial charge on any atom is -0.308 e. The van der Waals surface area contributed by atoms with Crippen LogP contribution in [0.25, 0.3) is 0 Å². The number of aryl methyl sites for hydroxylation is 2. The van der Waals surface area contributed by atoms with E-state index in [1.165, 1.54) is 5.56 Å². The van der Waals surface area contributed by atoms with Gasteiger partial charge in [-0.25, -0.2) is 9.67 Å². The highest BCUT2D eigenvalue weighted by Crippen LogP contribution is 2.26. The van der Waals surface area contributed by atoms with Gasteiger partial charge in [-0.2, -0.15) is 5.10 Å². The van der Waals surface area contributed by atoms with E-state index in [2.05, 4.69) is 53.5 Å². The van der Waals surface area contributed by atoms with Crippen LogP contribution in [0.2, 0.25) is 0 Å². The number of benzene rings is 1. The van der Waals surface area contributed by atoms with E-state index in [1.807, 2.05) is 24.6 Å². The van der Waals surface area contributed by atoms with Crippen LogP contribution in [0.5, 0.6) is 0 Å². The molecule has 1 N–H and O–H groups in total. The third-order valence-corrected chi connectivity index (χ3v) is 3.36. The number of nitrogens with zero attached hydrogens (tertiary/aromatic N) is 3. The number of hydrogen-bond donors (Lipinski definition) is 1. The molecule has 0 aliphatic heterocycles. The van der Waals surface area contributed by atoms with Crippen molar-refractivity contribution >= 4 is 0 Å². The predicted molar refractivity (Wildman–Crippen MR) is 77.1 cm³/mol. The van der Waals surface area contributed by atoms with Crippen molar-refractivity contribution in [3.8, 4) is 0 Å². The van der Waals surface area contributed by atoms with Crippen LogP contribution >= 0.6 is 0 Å². The van der Waals surface area contributed by atoms with E-state index in [-0.39, 0.29) is 12.1 Å². The van der Waals surface area contributed by atoms with Gasteiger partial charge in [-0.3, -0.25) is 0 Å². The molecule has 2 unspecified atom stereocenters. The molecule has 2 rings (SSSR count). The Hall–Kier alpha value is -1.68. The SMILES string of the molecule is CCNC(c1ccccc1)C(C)n1nc(C)nc1C. The van der Waals surface area contributed by atoms with Crippen LogP contribution in [-0.2, 0) is 0 Å². The molecule has 2 atom stereocenters. The first-order chi connectivity index (χ1) is 9.13. The highest BCUT2D eigenvalue weighted by molar-refractivity contribution is 5.20. The lowest BCUT2D eigenvalue weighted by atomic mass is 10.0. The normalized spacial score (nSPS) is 14.3. The summed E-state index contributed by atoms with van der Waals surface area (Å²) < 4.78 is 2.01. The summed E-state index contributed by atoms with van der Waals surface area (Å²) in [7, 11) is 0. The summed E-state index contributed by atoms with van der Waals surface area (Å²) in [5.74, 6) is 1.79. The highest BCUT2D eigenvalue weighted by atomic mass is 15.4. The number of nitrogens with one attached hydrogen (secondary N) is 1. The molecule has 2 aromatic rings. The molecule has 1 aromatic heterocycles. The molecule has 19 heavy (non-hydrogen) atoms. The van der Waals surface area contributed by atoms with Crippen molar-refractivity contribution in [3.05, 3.63) is 47.5 Å². The van der Waals surface area contributed by atoms with Gasteiger partial charge in [0.1, 0.15) is 11.6 Å². The maximum absolute atomic E-state index is 4.50. The predicted octanol–water partition coefficient (Wildman–Crippen LogP) is 2.81. The van der Waals surface area contributed by atoms with Crippen molar-refractivity contribution < 1.29 is 0 Å². The second kappa shape index (κ2) is 5.97. The zero-order chi connectivity index (χ0) is 13.8. The Bertz CT molecular complexity index is 518. The number of aromatic nitrogens is 3. The average molecular weight is 258 g/mol. The Morgan fingerprint density at radius 2 is 1.89 bits per heavy atom. The van der Waals surface area contributed by atoms with Crippen molar-refractivity contribution in [1.82, 2.24) is 20.1 Å². The molecule has 1 aromatic carbocycles. The Labute approximate surface area is 114 Å². The van der Waals surface area contributed by atoms with Gasteiger partial charge in [0, 0.05) is 0 Å². The molecule has 0 amide bonds. The molecule has 0 aliphatic carbocycles. The maximum atomic E-state index is 4.50. The van der Waals surface area contributed by atoms with E-state index >= 15 is 0 Å². The summed E-state index contributed by atoms with van der Waals surface area (Å²) in [5, 5.41) is 8.05. The van der Waals surface area contributed by atoms with Crippen molar-refractivity contribution in [2.45, 2.75) is 39.8 Å². The van der Waals surface area contributed by atoms with Gasteiger partial charge in [0.05, 0.1) is 12.1 Å². The first-order valence-corrected chi connectivity index (χ1v) is 6.81. The van der Waals surface area contributed by atoms with Crippen LogP contribution in [0.4, 0.5) is 0 Å². The third-order valence-electron chi connectivity index (χ3n) is 3.36. The molecule has 4 heteroatoms. The summed E-state index contributed by atoms with van der Waals surface area (Å²) in [6.45, 7) is 9.17. The second-order valence-electron chi connectivity index (χ2n) is 4.84. The van der Waals surface area contributed by atoms with Gasteiger partial charge in [0.25, 0.3) is 0 Å². The molecular formula is C15H22N4. The van der Waals surface area contributed by atoms with E-state index in [0.717, 1.165) is 18.2 Å². The minimum atomic E-state index is 0.226. The summed E-state index contributed by atoms with van der Waals surface area (Å²) in [4.78, 5) is 4.39. The first-order valence-electron chi connectivity index (χ1n) is 6.81. The van der Waals surface area contributed by atoms with Crippen LogP contribution in [0, 0.1) is 13.8 Å². The van der Waals surface area contributed by atoms with Gasteiger partial charge < -0.3 is 5.32 Å². The van der Waals surface area contributed by atoms with Crippen LogP contribution in [0.1, 0.15) is 43.1 Å². The lowest BCUT2D eigenvalue weighted by molar-refractivity contribution is 0.352. The topological polar surface area (TPSA) is 42.7 Å². The van der Waals surface area contributed by atoms with Gasteiger partial charge in [0.15, 0.2) is 0 Å². The molecular weight excluding hydrogens is 236 g/mol. The second-order valence-corrected chi connectivity index (χ2v) is 4.84. The van der Waals surface area contributed by atoms with Crippen molar-refractivity contribution in [2.24, 2.45) is 0 Å². The molecule has 0 saturated heterocycles. The summed E-state index contributed by atoms with van der Waals surface area (Å²) in [5.41, 5.74) is 1.28. The van der Waals surface area contributed by atoms with Gasteiger partial charge in [-0.05, 0) is 32.9 Å². The number of rotatable bonds is 5. The van der Waals surface area contributed by atoms with E-state index < -0.39 is 0 Å². The lowest BCUT2D eigenvalue weighted by Crippen LogP contribution is -2.29. The summed E-state index contributed by atoms with van der Waals surface area (Å²) in [6.07, 6.45) is 0. The molecule has 0 aliphatic rings. The Kier molecular flexibility index (Phi) is 4.32. The fraction of sp³-hybridized carbons (Fsp3) is 0.467. The van der Waals surface area contributed by atoms with Gasteiger partial charge >= 0.3 is 0 Å². The smallest absolute Gasteiger partial charge is 0.147 e. The zero-order valence-corrected chi connectivity index (χ0v) is 12.1. The molecule has 0 fully saturated rings. The molecule has 0 radical (unpaired) electrons. The van der Waals surface area contributed by atoms with Crippen LogP contribution in [-0.4, -0.2) is 21.3 Å². The van der Waals surface area contributed by atoms with Gasteiger partial charge in [0.2, 0.25) is 0 Å². The van der Waals surface area contributed by atoms with Crippen LogP contribution < -0.4 is 5.32 Å². The third kappa shape index (κ3) is 3.01. The molecule has 102 valence electrons. The van der Waals surface area contributed by atoms with E-state index in [1.54, 1.807) is 0 Å². The molecule has 4 nitrogen and oxygen atoms in total.